The second kappa shape index (κ2) is 4.39. The predicted molar refractivity (Wildman–Crippen MR) is 61.5 cm³/mol. The maximum absolute atomic E-state index is 10.7. The summed E-state index contributed by atoms with van der Waals surface area (Å²) in [6.45, 7) is 3.80. The Morgan fingerprint density at radius 2 is 2.12 bits per heavy atom. The Morgan fingerprint density at radius 3 is 2.81 bits per heavy atom. The number of allylic oxidation sites excluding steroid dienone is 1. The van der Waals surface area contributed by atoms with Crippen LogP contribution >= 0.6 is 0 Å². The number of carbonyl (C=O) groups is 1. The fourth-order valence-electron chi connectivity index (χ4n) is 1.62. The molecule has 0 amide bonds. The third-order valence-corrected chi connectivity index (χ3v) is 2.47. The molecular weight excluding hydrogens is 204 g/mol. The summed E-state index contributed by atoms with van der Waals surface area (Å²) in [5.41, 5.74) is 1.73. The summed E-state index contributed by atoms with van der Waals surface area (Å²) in [5.74, 6) is 1.50. The van der Waals surface area contributed by atoms with E-state index in [0.717, 1.165) is 35.3 Å². The summed E-state index contributed by atoms with van der Waals surface area (Å²) in [4.78, 5) is 10.7. The first-order valence-corrected chi connectivity index (χ1v) is 5.36. The average Bonchev–Trinajstić information content (AvgIpc) is 2.65. The van der Waals surface area contributed by atoms with Gasteiger partial charge in [0, 0.05) is 6.92 Å². The zero-order valence-electron chi connectivity index (χ0n) is 9.40. The van der Waals surface area contributed by atoms with Crippen LogP contribution in [0.5, 0.6) is 11.5 Å². The van der Waals surface area contributed by atoms with Gasteiger partial charge in [0.05, 0.1) is 0 Å². The lowest BCUT2D eigenvalue weighted by atomic mass is 10.1. The van der Waals surface area contributed by atoms with Crippen molar-refractivity contribution in [3.8, 4) is 11.5 Å². The smallest absolute Gasteiger partial charge is 0.238 e. The van der Waals surface area contributed by atoms with Crippen molar-refractivity contribution < 1.29 is 14.3 Å². The van der Waals surface area contributed by atoms with Gasteiger partial charge in [-0.1, -0.05) is 13.0 Å². The molecule has 3 nitrogen and oxygen atoms in total. The van der Waals surface area contributed by atoms with Crippen molar-refractivity contribution in [2.45, 2.75) is 26.6 Å². The summed E-state index contributed by atoms with van der Waals surface area (Å²) >= 11 is 0. The van der Waals surface area contributed by atoms with E-state index in [4.69, 9.17) is 9.47 Å². The maximum atomic E-state index is 10.7. The standard InChI is InChI=1S/C13H14O3/c1-3-10(8-14)6-11-4-5-12-13(7-11)16-9(2)15-12/h4-9H,3H2,1-2H3/b10-6-. The first kappa shape index (κ1) is 10.7. The van der Waals surface area contributed by atoms with Gasteiger partial charge in [-0.3, -0.25) is 4.79 Å². The van der Waals surface area contributed by atoms with E-state index in [0.29, 0.717) is 0 Å². The summed E-state index contributed by atoms with van der Waals surface area (Å²) in [6.07, 6.45) is 3.24. The highest BCUT2D eigenvalue weighted by Gasteiger charge is 2.19. The summed E-state index contributed by atoms with van der Waals surface area (Å²) in [5, 5.41) is 0. The molecule has 1 aliphatic heterocycles. The lowest BCUT2D eigenvalue weighted by Crippen LogP contribution is -2.11. The van der Waals surface area contributed by atoms with Crippen LogP contribution < -0.4 is 9.47 Å². The molecule has 1 aromatic carbocycles. The first-order valence-electron chi connectivity index (χ1n) is 5.36. The molecule has 0 radical (unpaired) electrons. The SMILES string of the molecule is CC/C(C=O)=C/c1ccc2c(c1)OC(C)O2. The molecule has 0 N–H and O–H groups in total. The zero-order valence-corrected chi connectivity index (χ0v) is 9.40. The van der Waals surface area contributed by atoms with E-state index >= 15 is 0 Å². The maximum Gasteiger partial charge on any atom is 0.238 e. The molecule has 0 bridgehead atoms. The highest BCUT2D eigenvalue weighted by Crippen LogP contribution is 2.35. The molecule has 0 aromatic heterocycles. The number of hydrogen-bond donors (Lipinski definition) is 0. The number of hydrogen-bond acceptors (Lipinski definition) is 3. The quantitative estimate of drug-likeness (QED) is 0.578. The van der Waals surface area contributed by atoms with Crippen LogP contribution in [0.1, 0.15) is 25.8 Å². The molecule has 84 valence electrons. The minimum absolute atomic E-state index is 0.231. The van der Waals surface area contributed by atoms with E-state index in [1.165, 1.54) is 0 Å². The normalized spacial score (nSPS) is 18.6. The molecule has 0 spiro atoms. The second-order valence-electron chi connectivity index (χ2n) is 3.70. The number of rotatable bonds is 3. The van der Waals surface area contributed by atoms with E-state index < -0.39 is 0 Å². The van der Waals surface area contributed by atoms with Crippen molar-refractivity contribution >= 4 is 12.4 Å². The Hall–Kier alpha value is -1.77. The van der Waals surface area contributed by atoms with Crippen LogP contribution in [0.15, 0.2) is 23.8 Å². The van der Waals surface area contributed by atoms with Crippen molar-refractivity contribution in [1.82, 2.24) is 0 Å². The van der Waals surface area contributed by atoms with Crippen LogP contribution in [0.4, 0.5) is 0 Å². The molecule has 3 heteroatoms. The topological polar surface area (TPSA) is 35.5 Å². The van der Waals surface area contributed by atoms with Crippen molar-refractivity contribution in [1.29, 1.82) is 0 Å². The largest absolute Gasteiger partial charge is 0.451 e. The van der Waals surface area contributed by atoms with Crippen molar-refractivity contribution in [2.24, 2.45) is 0 Å². The third-order valence-electron chi connectivity index (χ3n) is 2.47. The second-order valence-corrected chi connectivity index (χ2v) is 3.70. The third kappa shape index (κ3) is 2.08. The van der Waals surface area contributed by atoms with Crippen LogP contribution in [0, 0.1) is 0 Å². The Labute approximate surface area is 94.7 Å². The fraction of sp³-hybridized carbons (Fsp3) is 0.308. The van der Waals surface area contributed by atoms with E-state index in [2.05, 4.69) is 0 Å². The van der Waals surface area contributed by atoms with Gasteiger partial charge in [0.1, 0.15) is 6.29 Å². The van der Waals surface area contributed by atoms with E-state index in [1.54, 1.807) is 0 Å². The minimum atomic E-state index is -0.231. The van der Waals surface area contributed by atoms with Gasteiger partial charge >= 0.3 is 0 Å². The monoisotopic (exact) mass is 218 g/mol. The predicted octanol–water partition coefficient (Wildman–Crippen LogP) is 2.80. The highest BCUT2D eigenvalue weighted by atomic mass is 16.7. The molecule has 1 aromatic rings. The van der Waals surface area contributed by atoms with Gasteiger partial charge < -0.3 is 9.47 Å². The molecule has 16 heavy (non-hydrogen) atoms. The fourth-order valence-corrected chi connectivity index (χ4v) is 1.62. The Morgan fingerprint density at radius 1 is 1.38 bits per heavy atom. The van der Waals surface area contributed by atoms with Gasteiger partial charge in [0.15, 0.2) is 11.5 Å². The highest BCUT2D eigenvalue weighted by molar-refractivity contribution is 5.81. The Balaban J connectivity index is 2.29. The van der Waals surface area contributed by atoms with Gasteiger partial charge in [-0.25, -0.2) is 0 Å². The van der Waals surface area contributed by atoms with Gasteiger partial charge in [0.25, 0.3) is 0 Å². The molecule has 1 unspecified atom stereocenters. The summed E-state index contributed by atoms with van der Waals surface area (Å²) < 4.78 is 10.9. The van der Waals surface area contributed by atoms with Crippen molar-refractivity contribution in [3.05, 3.63) is 29.3 Å². The first-order chi connectivity index (χ1) is 7.72. The van der Waals surface area contributed by atoms with Crippen LogP contribution in [-0.2, 0) is 4.79 Å². The van der Waals surface area contributed by atoms with Crippen LogP contribution in [0.25, 0.3) is 6.08 Å². The number of ether oxygens (including phenoxy) is 2. The minimum Gasteiger partial charge on any atom is -0.451 e. The van der Waals surface area contributed by atoms with Gasteiger partial charge in [-0.15, -0.1) is 0 Å². The summed E-state index contributed by atoms with van der Waals surface area (Å²) in [7, 11) is 0. The Kier molecular flexibility index (Phi) is 2.95. The Bertz CT molecular complexity index is 435. The van der Waals surface area contributed by atoms with Gasteiger partial charge in [-0.05, 0) is 35.8 Å². The average molecular weight is 218 g/mol. The molecule has 1 aliphatic rings. The number of fused-ring (bicyclic) bond motifs is 1. The van der Waals surface area contributed by atoms with Gasteiger partial charge in [-0.2, -0.15) is 0 Å². The zero-order chi connectivity index (χ0) is 11.5. The number of benzene rings is 1. The lowest BCUT2D eigenvalue weighted by molar-refractivity contribution is -0.104. The van der Waals surface area contributed by atoms with Crippen LogP contribution in [-0.4, -0.2) is 12.6 Å². The molecular formula is C13H14O3. The van der Waals surface area contributed by atoms with Crippen molar-refractivity contribution in [2.75, 3.05) is 0 Å². The summed E-state index contributed by atoms with van der Waals surface area (Å²) in [6, 6.07) is 5.67. The molecule has 2 rings (SSSR count). The van der Waals surface area contributed by atoms with E-state index in [1.807, 2.05) is 38.1 Å². The molecule has 1 atom stereocenters. The lowest BCUT2D eigenvalue weighted by Gasteiger charge is -2.00. The van der Waals surface area contributed by atoms with Crippen LogP contribution in [0.3, 0.4) is 0 Å². The molecule has 0 aliphatic carbocycles. The van der Waals surface area contributed by atoms with E-state index in [-0.39, 0.29) is 6.29 Å². The van der Waals surface area contributed by atoms with E-state index in [9.17, 15) is 4.79 Å². The molecule has 0 saturated carbocycles. The van der Waals surface area contributed by atoms with Gasteiger partial charge in [0.2, 0.25) is 6.29 Å². The number of carbonyl (C=O) groups excluding carboxylic acids is 1. The molecule has 0 saturated heterocycles. The van der Waals surface area contributed by atoms with Crippen LogP contribution in [0.2, 0.25) is 0 Å². The van der Waals surface area contributed by atoms with Crippen molar-refractivity contribution in [3.63, 3.8) is 0 Å². The molecule has 1 heterocycles. The number of aldehydes is 1. The molecule has 0 fully saturated rings.